The number of benzene rings is 2. The standard InChI is InChI=1S/C35H43F3N8O2/c1-4-22-17-23(18-24-20-40-34(43-33(22)24)41-26-8-6-25(39)7-9-26)29-19-31(44-46(29)3)42-32(47)16-21-5-10-30(28(15-21)35(36,37)38)48-27-11-13-45(2)14-12-27/h5,10,15,17-20,25-27H,4,6-9,11-14,16,39H2,1-3H3,(H,40,41,43)(H,42,44,47). The number of carbonyl (C=O) groups excluding carboxylic acids is 1. The van der Waals surface area contributed by atoms with Crippen LogP contribution >= 0.6 is 0 Å². The Balaban J connectivity index is 1.15. The molecule has 1 aliphatic carbocycles. The highest BCUT2D eigenvalue weighted by atomic mass is 19.4. The van der Waals surface area contributed by atoms with E-state index in [1.807, 2.05) is 19.3 Å². The van der Waals surface area contributed by atoms with Crippen molar-refractivity contribution >= 4 is 28.6 Å². The Morgan fingerprint density at radius 1 is 1.04 bits per heavy atom. The van der Waals surface area contributed by atoms with E-state index in [0.29, 0.717) is 30.6 Å². The first-order valence-electron chi connectivity index (χ1n) is 16.7. The number of piperidine rings is 1. The van der Waals surface area contributed by atoms with E-state index in [2.05, 4.69) is 38.6 Å². The summed E-state index contributed by atoms with van der Waals surface area (Å²) in [7, 11) is 3.76. The number of ether oxygens (including phenoxy) is 1. The molecule has 1 saturated carbocycles. The van der Waals surface area contributed by atoms with Gasteiger partial charge in [-0.25, -0.2) is 9.97 Å². The molecule has 4 N–H and O–H groups in total. The lowest BCUT2D eigenvalue weighted by Gasteiger charge is -2.30. The lowest BCUT2D eigenvalue weighted by molar-refractivity contribution is -0.139. The van der Waals surface area contributed by atoms with E-state index in [-0.39, 0.29) is 29.9 Å². The molecule has 1 amide bonds. The predicted molar refractivity (Wildman–Crippen MR) is 180 cm³/mol. The van der Waals surface area contributed by atoms with Crippen molar-refractivity contribution in [2.24, 2.45) is 12.8 Å². The molecule has 0 bridgehead atoms. The first-order chi connectivity index (χ1) is 22.9. The first-order valence-corrected chi connectivity index (χ1v) is 16.7. The van der Waals surface area contributed by atoms with Gasteiger partial charge in [-0.05, 0) is 87.4 Å². The van der Waals surface area contributed by atoms with E-state index in [1.165, 1.54) is 12.1 Å². The number of halogens is 3. The number of nitrogens with zero attached hydrogens (tertiary/aromatic N) is 5. The highest BCUT2D eigenvalue weighted by Gasteiger charge is 2.36. The Morgan fingerprint density at radius 3 is 2.50 bits per heavy atom. The summed E-state index contributed by atoms with van der Waals surface area (Å²) in [5, 5.41) is 11.6. The van der Waals surface area contributed by atoms with Crippen LogP contribution in [0.25, 0.3) is 22.2 Å². The molecule has 0 spiro atoms. The van der Waals surface area contributed by atoms with Crippen LogP contribution < -0.4 is 21.1 Å². The van der Waals surface area contributed by atoms with Crippen molar-refractivity contribution in [2.45, 2.75) is 82.7 Å². The van der Waals surface area contributed by atoms with Gasteiger partial charge in [-0.2, -0.15) is 18.3 Å². The summed E-state index contributed by atoms with van der Waals surface area (Å²) in [5.74, 6) is 0.234. The van der Waals surface area contributed by atoms with E-state index in [1.54, 1.807) is 17.8 Å². The highest BCUT2D eigenvalue weighted by Crippen LogP contribution is 2.38. The molecule has 13 heteroatoms. The monoisotopic (exact) mass is 664 g/mol. The smallest absolute Gasteiger partial charge is 0.419 e. The summed E-state index contributed by atoms with van der Waals surface area (Å²) in [5.41, 5.74) is 8.99. The number of alkyl halides is 3. The lowest BCUT2D eigenvalue weighted by Crippen LogP contribution is -2.36. The van der Waals surface area contributed by atoms with Gasteiger partial charge >= 0.3 is 6.18 Å². The van der Waals surface area contributed by atoms with Crippen molar-refractivity contribution < 1.29 is 22.7 Å². The second-order valence-corrected chi connectivity index (χ2v) is 13.1. The van der Waals surface area contributed by atoms with Crippen LogP contribution in [0.2, 0.25) is 0 Å². The highest BCUT2D eigenvalue weighted by molar-refractivity contribution is 5.92. The normalized spacial score (nSPS) is 19.4. The van der Waals surface area contributed by atoms with Crippen LogP contribution in [-0.2, 0) is 30.9 Å². The van der Waals surface area contributed by atoms with E-state index < -0.39 is 17.6 Å². The molecule has 48 heavy (non-hydrogen) atoms. The average Bonchev–Trinajstić information content (AvgIpc) is 3.42. The maximum Gasteiger partial charge on any atom is 0.419 e. The van der Waals surface area contributed by atoms with Crippen molar-refractivity contribution in [2.75, 3.05) is 30.8 Å². The second-order valence-electron chi connectivity index (χ2n) is 13.1. The van der Waals surface area contributed by atoms with Gasteiger partial charge in [0.2, 0.25) is 11.9 Å². The molecule has 2 aliphatic rings. The van der Waals surface area contributed by atoms with E-state index in [0.717, 1.165) is 79.0 Å². The summed E-state index contributed by atoms with van der Waals surface area (Å²) >= 11 is 0. The molecule has 0 radical (unpaired) electrons. The molecule has 6 rings (SSSR count). The van der Waals surface area contributed by atoms with Gasteiger partial charge in [-0.3, -0.25) is 9.48 Å². The molecule has 1 aliphatic heterocycles. The van der Waals surface area contributed by atoms with Gasteiger partial charge in [-0.1, -0.05) is 13.0 Å². The van der Waals surface area contributed by atoms with Crippen LogP contribution in [0, 0.1) is 0 Å². The third-order valence-corrected chi connectivity index (χ3v) is 9.36. The zero-order valence-electron chi connectivity index (χ0n) is 27.6. The number of aryl methyl sites for hydroxylation is 2. The molecule has 3 heterocycles. The number of rotatable bonds is 9. The maximum atomic E-state index is 14.0. The fourth-order valence-corrected chi connectivity index (χ4v) is 6.62. The minimum absolute atomic E-state index is 0.204. The van der Waals surface area contributed by atoms with Gasteiger partial charge in [-0.15, -0.1) is 0 Å². The summed E-state index contributed by atoms with van der Waals surface area (Å²) in [6.45, 7) is 3.61. The molecule has 256 valence electrons. The van der Waals surface area contributed by atoms with E-state index in [4.69, 9.17) is 15.5 Å². The molecule has 4 aromatic rings. The van der Waals surface area contributed by atoms with Crippen LogP contribution in [0.1, 0.15) is 62.1 Å². The molecule has 10 nitrogen and oxygen atoms in total. The zero-order chi connectivity index (χ0) is 34.0. The third-order valence-electron chi connectivity index (χ3n) is 9.36. The Bertz CT molecular complexity index is 1760. The summed E-state index contributed by atoms with van der Waals surface area (Å²) in [6, 6.07) is 10.2. The number of nitrogens with one attached hydrogen (secondary N) is 2. The Morgan fingerprint density at radius 2 is 1.79 bits per heavy atom. The number of hydrogen-bond acceptors (Lipinski definition) is 8. The second kappa shape index (κ2) is 14.1. The van der Waals surface area contributed by atoms with Crippen LogP contribution in [0.5, 0.6) is 5.75 Å². The fourth-order valence-electron chi connectivity index (χ4n) is 6.62. The van der Waals surface area contributed by atoms with Crippen LogP contribution in [-0.4, -0.2) is 68.9 Å². The van der Waals surface area contributed by atoms with Crippen LogP contribution in [0.4, 0.5) is 24.9 Å². The SMILES string of the molecule is CCc1cc(-c2cc(NC(=O)Cc3ccc(OC4CCN(C)CC4)c(C(F)(F)F)c3)nn2C)cc2cnc(NC3CCC(N)CC3)nc12. The lowest BCUT2D eigenvalue weighted by atomic mass is 9.92. The van der Waals surface area contributed by atoms with E-state index in [9.17, 15) is 18.0 Å². The van der Waals surface area contributed by atoms with Crippen molar-refractivity contribution in [1.82, 2.24) is 24.6 Å². The van der Waals surface area contributed by atoms with Crippen molar-refractivity contribution in [3.63, 3.8) is 0 Å². The minimum atomic E-state index is -4.62. The third kappa shape index (κ3) is 7.90. The fraction of sp³-hybridized carbons (Fsp3) is 0.486. The molecule has 0 atom stereocenters. The number of nitrogens with two attached hydrogens (primary N) is 1. The van der Waals surface area contributed by atoms with Crippen LogP contribution in [0.3, 0.4) is 0 Å². The molecular weight excluding hydrogens is 621 g/mol. The Labute approximate surface area is 278 Å². The number of hydrogen-bond donors (Lipinski definition) is 3. The Kier molecular flexibility index (Phi) is 9.88. The number of amides is 1. The number of likely N-dealkylation sites (tertiary alicyclic amines) is 1. The summed E-state index contributed by atoms with van der Waals surface area (Å²) < 4.78 is 49.4. The average molecular weight is 665 g/mol. The molecule has 0 unspecified atom stereocenters. The van der Waals surface area contributed by atoms with Gasteiger partial charge in [0, 0.05) is 55.4 Å². The van der Waals surface area contributed by atoms with Gasteiger partial charge in [0.1, 0.15) is 11.9 Å². The maximum absolute atomic E-state index is 14.0. The molecule has 2 fully saturated rings. The zero-order valence-corrected chi connectivity index (χ0v) is 27.6. The van der Waals surface area contributed by atoms with E-state index >= 15 is 0 Å². The van der Waals surface area contributed by atoms with Crippen LogP contribution in [0.15, 0.2) is 42.6 Å². The van der Waals surface area contributed by atoms with Crippen molar-refractivity contribution in [3.05, 3.63) is 59.3 Å². The number of anilines is 2. The molecule has 2 aromatic carbocycles. The molecule has 2 aromatic heterocycles. The topological polar surface area (TPSA) is 123 Å². The number of fused-ring (bicyclic) bond motifs is 1. The van der Waals surface area contributed by atoms with Gasteiger partial charge in [0.25, 0.3) is 0 Å². The van der Waals surface area contributed by atoms with Gasteiger partial charge in [0.15, 0.2) is 5.82 Å². The quantitative estimate of drug-likeness (QED) is 0.201. The largest absolute Gasteiger partial charge is 0.490 e. The van der Waals surface area contributed by atoms with Crippen molar-refractivity contribution in [1.29, 1.82) is 0 Å². The number of aromatic nitrogens is 4. The van der Waals surface area contributed by atoms with Gasteiger partial charge < -0.3 is 26.0 Å². The number of carbonyl (C=O) groups is 1. The first kappa shape index (κ1) is 33.7. The van der Waals surface area contributed by atoms with Gasteiger partial charge in [0.05, 0.1) is 23.2 Å². The summed E-state index contributed by atoms with van der Waals surface area (Å²) in [6.07, 6.45) is 2.71. The predicted octanol–water partition coefficient (Wildman–Crippen LogP) is 5.95. The van der Waals surface area contributed by atoms with Crippen molar-refractivity contribution in [3.8, 4) is 17.0 Å². The summed E-state index contributed by atoms with van der Waals surface area (Å²) in [4.78, 5) is 24.5. The molecule has 1 saturated heterocycles. The Hall–Kier alpha value is -4.23. The molecular formula is C35H43F3N8O2. The minimum Gasteiger partial charge on any atom is -0.490 e.